The zero-order valence-corrected chi connectivity index (χ0v) is 16.6. The Hall–Kier alpha value is -2.20. The highest BCUT2D eigenvalue weighted by Gasteiger charge is 2.06. The number of hydrogen-bond acceptors (Lipinski definition) is 4. The molecule has 2 rings (SSSR count). The minimum Gasteiger partial charge on any atom is -0.491 e. The molecular weight excluding hydrogens is 326 g/mol. The van der Waals surface area contributed by atoms with Crippen LogP contribution in [0.3, 0.4) is 0 Å². The van der Waals surface area contributed by atoms with E-state index in [-0.39, 0.29) is 18.3 Å². The van der Waals surface area contributed by atoms with Gasteiger partial charge in [-0.15, -0.1) is 0 Å². The maximum Gasteiger partial charge on any atom is 0.160 e. The first-order chi connectivity index (χ1) is 12.4. The Kier molecular flexibility index (Phi) is 10.3. The molecule has 0 saturated heterocycles. The van der Waals surface area contributed by atoms with Gasteiger partial charge in [-0.3, -0.25) is 9.78 Å². The maximum atomic E-state index is 11.4. The van der Waals surface area contributed by atoms with E-state index in [1.807, 2.05) is 56.3 Å². The van der Waals surface area contributed by atoms with Gasteiger partial charge in [0.05, 0.1) is 12.3 Å². The molecule has 0 aliphatic rings. The maximum absolute atomic E-state index is 11.4. The van der Waals surface area contributed by atoms with Crippen LogP contribution in [0.15, 0.2) is 48.7 Å². The van der Waals surface area contributed by atoms with Crippen molar-refractivity contribution in [3.05, 3.63) is 48.7 Å². The molecule has 0 unspecified atom stereocenters. The summed E-state index contributed by atoms with van der Waals surface area (Å²) in [4.78, 5) is 15.7. The van der Waals surface area contributed by atoms with Gasteiger partial charge in [-0.1, -0.05) is 40.7 Å². The van der Waals surface area contributed by atoms with Crippen LogP contribution >= 0.6 is 0 Å². The van der Waals surface area contributed by atoms with Gasteiger partial charge in [0, 0.05) is 17.7 Å². The van der Waals surface area contributed by atoms with Crippen LogP contribution in [0.4, 0.5) is 0 Å². The minimum atomic E-state index is 0.0139. The van der Waals surface area contributed by atoms with Crippen LogP contribution in [0, 0.1) is 11.8 Å². The molecule has 0 N–H and O–H groups in total. The van der Waals surface area contributed by atoms with Crippen molar-refractivity contribution in [2.45, 2.75) is 34.6 Å². The van der Waals surface area contributed by atoms with Gasteiger partial charge < -0.3 is 9.47 Å². The summed E-state index contributed by atoms with van der Waals surface area (Å²) < 4.78 is 10.9. The van der Waals surface area contributed by atoms with E-state index < -0.39 is 0 Å². The highest BCUT2D eigenvalue weighted by molar-refractivity contribution is 5.81. The van der Waals surface area contributed by atoms with E-state index in [4.69, 9.17) is 9.47 Å². The zero-order valence-electron chi connectivity index (χ0n) is 16.6. The van der Waals surface area contributed by atoms with Crippen LogP contribution in [-0.2, 0) is 9.53 Å². The van der Waals surface area contributed by atoms with Crippen molar-refractivity contribution in [1.82, 2.24) is 4.98 Å². The Morgan fingerprint density at radius 2 is 1.62 bits per heavy atom. The molecule has 0 amide bonds. The van der Waals surface area contributed by atoms with Crippen molar-refractivity contribution >= 4 is 5.78 Å². The molecule has 26 heavy (non-hydrogen) atoms. The molecule has 4 heteroatoms. The predicted molar refractivity (Wildman–Crippen MR) is 106 cm³/mol. The van der Waals surface area contributed by atoms with E-state index in [0.717, 1.165) is 22.9 Å². The lowest BCUT2D eigenvalue weighted by molar-refractivity contribution is -0.126. The fourth-order valence-corrected chi connectivity index (χ4v) is 1.81. The first kappa shape index (κ1) is 21.8. The van der Waals surface area contributed by atoms with Crippen LogP contribution in [-0.4, -0.2) is 30.6 Å². The number of rotatable bonds is 8. The fraction of sp³-hybridized carbons (Fsp3) is 0.455. The number of carbonyl (C=O) groups excluding carboxylic acids is 1. The second-order valence-electron chi connectivity index (χ2n) is 6.99. The summed E-state index contributed by atoms with van der Waals surface area (Å²) in [5.41, 5.74) is 1.98. The lowest BCUT2D eigenvalue weighted by atomic mass is 10.1. The number of carbonyl (C=O) groups is 1. The van der Waals surface area contributed by atoms with Crippen molar-refractivity contribution in [2.24, 2.45) is 11.8 Å². The molecule has 0 fully saturated rings. The Bertz CT molecular complexity index is 619. The SMILES string of the molecule is CC(C)C.CC(C)C(=O)COCCOc1ccc(-c2ccccn2)cc1. The Morgan fingerprint density at radius 1 is 0.962 bits per heavy atom. The summed E-state index contributed by atoms with van der Waals surface area (Å²) in [6, 6.07) is 13.6. The smallest absolute Gasteiger partial charge is 0.160 e. The van der Waals surface area contributed by atoms with E-state index in [1.54, 1.807) is 6.20 Å². The van der Waals surface area contributed by atoms with E-state index in [2.05, 4.69) is 25.8 Å². The topological polar surface area (TPSA) is 48.4 Å². The summed E-state index contributed by atoms with van der Waals surface area (Å²) in [6.45, 7) is 11.2. The highest BCUT2D eigenvalue weighted by atomic mass is 16.5. The van der Waals surface area contributed by atoms with Gasteiger partial charge in [-0.25, -0.2) is 0 Å². The number of pyridine rings is 1. The summed E-state index contributed by atoms with van der Waals surface area (Å²) >= 11 is 0. The van der Waals surface area contributed by atoms with Crippen molar-refractivity contribution in [1.29, 1.82) is 0 Å². The standard InChI is InChI=1S/C18H21NO3.C4H10/c1-14(2)18(20)13-21-11-12-22-16-8-6-15(7-9-16)17-5-3-4-10-19-17;1-4(2)3/h3-10,14H,11-13H2,1-2H3;4H,1-3H3. The fourth-order valence-electron chi connectivity index (χ4n) is 1.81. The van der Waals surface area contributed by atoms with Gasteiger partial charge in [0.25, 0.3) is 0 Å². The molecule has 0 aliphatic carbocycles. The van der Waals surface area contributed by atoms with Crippen LogP contribution in [0.2, 0.25) is 0 Å². The highest BCUT2D eigenvalue weighted by Crippen LogP contribution is 2.20. The molecule has 0 spiro atoms. The molecule has 4 nitrogen and oxygen atoms in total. The van der Waals surface area contributed by atoms with Gasteiger partial charge in [0.1, 0.15) is 19.0 Å². The monoisotopic (exact) mass is 357 g/mol. The predicted octanol–water partition coefficient (Wildman–Crippen LogP) is 5.03. The van der Waals surface area contributed by atoms with Crippen LogP contribution in [0.1, 0.15) is 34.6 Å². The molecule has 0 bridgehead atoms. The largest absolute Gasteiger partial charge is 0.491 e. The average Bonchev–Trinajstić information content (AvgIpc) is 2.62. The van der Waals surface area contributed by atoms with Gasteiger partial charge in [0.15, 0.2) is 5.78 Å². The summed E-state index contributed by atoms with van der Waals surface area (Å²) in [5.74, 6) is 1.73. The van der Waals surface area contributed by atoms with Gasteiger partial charge >= 0.3 is 0 Å². The third kappa shape index (κ3) is 9.33. The molecular formula is C22H31NO3. The third-order valence-electron chi connectivity index (χ3n) is 3.20. The number of ether oxygens (including phenoxy) is 2. The van der Waals surface area contributed by atoms with Crippen molar-refractivity contribution < 1.29 is 14.3 Å². The van der Waals surface area contributed by atoms with Crippen LogP contribution in [0.5, 0.6) is 5.75 Å². The number of ketones is 1. The summed E-state index contributed by atoms with van der Waals surface area (Å²) in [5, 5.41) is 0. The zero-order chi connectivity index (χ0) is 19.4. The minimum absolute atomic E-state index is 0.0139. The Labute approximate surface area is 157 Å². The summed E-state index contributed by atoms with van der Waals surface area (Å²) in [7, 11) is 0. The molecule has 0 aliphatic heterocycles. The molecule has 2 aromatic rings. The summed E-state index contributed by atoms with van der Waals surface area (Å²) in [6.07, 6.45) is 1.77. The number of hydrogen-bond donors (Lipinski definition) is 0. The Morgan fingerprint density at radius 3 is 2.15 bits per heavy atom. The molecule has 0 atom stereocenters. The normalized spacial score (nSPS) is 10.4. The quantitative estimate of drug-likeness (QED) is 0.622. The number of aromatic nitrogens is 1. The van der Waals surface area contributed by atoms with Gasteiger partial charge in [0.2, 0.25) is 0 Å². The van der Waals surface area contributed by atoms with Gasteiger partial charge in [-0.05, 0) is 42.3 Å². The number of benzene rings is 1. The van der Waals surface area contributed by atoms with Crippen molar-refractivity contribution in [3.8, 4) is 17.0 Å². The molecule has 0 saturated carbocycles. The lowest BCUT2D eigenvalue weighted by Gasteiger charge is -2.08. The third-order valence-corrected chi connectivity index (χ3v) is 3.20. The van der Waals surface area contributed by atoms with E-state index >= 15 is 0 Å². The molecule has 1 heterocycles. The van der Waals surface area contributed by atoms with E-state index in [0.29, 0.717) is 13.2 Å². The number of nitrogens with zero attached hydrogens (tertiary/aromatic N) is 1. The molecule has 1 aromatic heterocycles. The lowest BCUT2D eigenvalue weighted by Crippen LogP contribution is -2.17. The van der Waals surface area contributed by atoms with Crippen LogP contribution in [0.25, 0.3) is 11.3 Å². The average molecular weight is 357 g/mol. The second kappa shape index (κ2) is 12.2. The molecule has 142 valence electrons. The number of Topliss-reactive ketones (excluding diaryl/α,β-unsaturated/α-hetero) is 1. The van der Waals surface area contributed by atoms with E-state index in [1.165, 1.54) is 0 Å². The second-order valence-corrected chi connectivity index (χ2v) is 6.99. The first-order valence-electron chi connectivity index (χ1n) is 9.15. The van der Waals surface area contributed by atoms with Crippen LogP contribution < -0.4 is 4.74 Å². The van der Waals surface area contributed by atoms with Crippen molar-refractivity contribution in [3.63, 3.8) is 0 Å². The van der Waals surface area contributed by atoms with E-state index in [9.17, 15) is 4.79 Å². The Balaban J connectivity index is 0.000000765. The molecule has 0 radical (unpaired) electrons. The van der Waals surface area contributed by atoms with Gasteiger partial charge in [-0.2, -0.15) is 0 Å². The van der Waals surface area contributed by atoms with Crippen molar-refractivity contribution in [2.75, 3.05) is 19.8 Å². The first-order valence-corrected chi connectivity index (χ1v) is 9.15. The molecule has 1 aromatic carbocycles.